The van der Waals surface area contributed by atoms with Gasteiger partial charge in [0, 0.05) is 18.2 Å². The summed E-state index contributed by atoms with van der Waals surface area (Å²) in [6.45, 7) is 0. The predicted octanol–water partition coefficient (Wildman–Crippen LogP) is 5.11. The Morgan fingerprint density at radius 1 is 0.762 bits per heavy atom. The molecule has 0 aliphatic carbocycles. The molecule has 1 heterocycles. The smallest absolute Gasteiger partial charge is 0.165 e. The predicted molar refractivity (Wildman–Crippen MR) is 86.9 cm³/mol. The van der Waals surface area contributed by atoms with Gasteiger partial charge in [-0.15, -0.1) is 10.2 Å². The molecule has 0 amide bonds. The topological polar surface area (TPSA) is 30.7 Å². The van der Waals surface area contributed by atoms with Crippen molar-refractivity contribution in [3.8, 4) is 22.8 Å². The van der Waals surface area contributed by atoms with E-state index in [0.29, 0.717) is 26.7 Å². The Labute approximate surface area is 137 Å². The van der Waals surface area contributed by atoms with Gasteiger partial charge in [0.25, 0.3) is 0 Å². The summed E-state index contributed by atoms with van der Waals surface area (Å²) in [5.74, 6) is 1.31. The first-order valence-electron chi connectivity index (χ1n) is 6.18. The van der Waals surface area contributed by atoms with Crippen LogP contribution in [0.3, 0.4) is 0 Å². The van der Waals surface area contributed by atoms with Crippen LogP contribution in [0, 0.1) is 0 Å². The second-order valence-electron chi connectivity index (χ2n) is 4.49. The number of rotatable bonds is 2. The Morgan fingerprint density at radius 2 is 1.33 bits per heavy atom. The molecule has 21 heavy (non-hydrogen) atoms. The van der Waals surface area contributed by atoms with Gasteiger partial charge in [-0.1, -0.05) is 53.0 Å². The molecular weight excluding hydrogens is 329 g/mol. The van der Waals surface area contributed by atoms with Crippen LogP contribution in [0.4, 0.5) is 0 Å². The molecule has 3 aromatic rings. The summed E-state index contributed by atoms with van der Waals surface area (Å²) in [6.07, 6.45) is 0. The Hall–Kier alpha value is -1.55. The molecule has 0 aliphatic heterocycles. The molecule has 3 nitrogen and oxygen atoms in total. The van der Waals surface area contributed by atoms with Gasteiger partial charge in [-0.3, -0.25) is 0 Å². The summed E-state index contributed by atoms with van der Waals surface area (Å²) >= 11 is 18.5. The van der Waals surface area contributed by atoms with Crippen LogP contribution in [0.2, 0.25) is 15.1 Å². The van der Waals surface area contributed by atoms with Crippen molar-refractivity contribution < 1.29 is 0 Å². The average Bonchev–Trinajstić information content (AvgIpc) is 2.84. The molecular formula is C15H10Cl3N3. The quantitative estimate of drug-likeness (QED) is 0.650. The van der Waals surface area contributed by atoms with Crippen LogP contribution in [0.1, 0.15) is 0 Å². The van der Waals surface area contributed by atoms with Crippen LogP contribution < -0.4 is 0 Å². The number of nitrogens with zero attached hydrogens (tertiary/aromatic N) is 3. The zero-order chi connectivity index (χ0) is 15.0. The molecule has 0 atom stereocenters. The lowest BCUT2D eigenvalue weighted by molar-refractivity contribution is 0.930. The van der Waals surface area contributed by atoms with Gasteiger partial charge in [0.1, 0.15) is 0 Å². The number of hydrogen-bond acceptors (Lipinski definition) is 2. The molecule has 106 valence electrons. The van der Waals surface area contributed by atoms with E-state index in [1.807, 2.05) is 48.0 Å². The zero-order valence-electron chi connectivity index (χ0n) is 11.0. The van der Waals surface area contributed by atoms with Crippen molar-refractivity contribution in [2.75, 3.05) is 0 Å². The Balaban J connectivity index is 2.16. The maximum atomic E-state index is 6.25. The van der Waals surface area contributed by atoms with E-state index in [4.69, 9.17) is 34.8 Å². The van der Waals surface area contributed by atoms with Gasteiger partial charge in [0.05, 0.1) is 15.1 Å². The summed E-state index contributed by atoms with van der Waals surface area (Å²) in [5.41, 5.74) is 1.55. The first kappa shape index (κ1) is 14.4. The van der Waals surface area contributed by atoms with Crippen LogP contribution in [0.15, 0.2) is 42.5 Å². The second-order valence-corrected chi connectivity index (χ2v) is 5.68. The van der Waals surface area contributed by atoms with Crippen LogP contribution in [0.5, 0.6) is 0 Å². The van der Waals surface area contributed by atoms with Crippen molar-refractivity contribution in [1.82, 2.24) is 14.8 Å². The highest BCUT2D eigenvalue weighted by molar-refractivity contribution is 6.43. The molecule has 2 aromatic carbocycles. The van der Waals surface area contributed by atoms with Gasteiger partial charge in [-0.25, -0.2) is 0 Å². The van der Waals surface area contributed by atoms with Gasteiger partial charge in [0.2, 0.25) is 0 Å². The number of benzene rings is 2. The minimum atomic E-state index is 0.459. The highest BCUT2D eigenvalue weighted by atomic mass is 35.5. The molecule has 3 rings (SSSR count). The summed E-state index contributed by atoms with van der Waals surface area (Å²) in [7, 11) is 1.87. The van der Waals surface area contributed by atoms with Crippen LogP contribution in [-0.2, 0) is 7.05 Å². The molecule has 6 heteroatoms. The fourth-order valence-electron chi connectivity index (χ4n) is 2.12. The Bertz CT molecular complexity index is 812. The summed E-state index contributed by atoms with van der Waals surface area (Å²) in [4.78, 5) is 0. The molecule has 0 aliphatic rings. The molecule has 0 saturated carbocycles. The van der Waals surface area contributed by atoms with Gasteiger partial charge >= 0.3 is 0 Å². The molecule has 0 radical (unpaired) electrons. The monoisotopic (exact) mass is 337 g/mol. The number of aromatic nitrogens is 3. The highest BCUT2D eigenvalue weighted by Crippen LogP contribution is 2.34. The van der Waals surface area contributed by atoms with E-state index < -0.39 is 0 Å². The lowest BCUT2D eigenvalue weighted by Crippen LogP contribution is -1.96. The van der Waals surface area contributed by atoms with Crippen molar-refractivity contribution in [2.24, 2.45) is 7.05 Å². The highest BCUT2D eigenvalue weighted by Gasteiger charge is 2.17. The van der Waals surface area contributed by atoms with Crippen LogP contribution in [-0.4, -0.2) is 14.8 Å². The van der Waals surface area contributed by atoms with Gasteiger partial charge in [0.15, 0.2) is 11.6 Å². The molecule has 0 unspecified atom stereocenters. The van der Waals surface area contributed by atoms with E-state index in [-0.39, 0.29) is 0 Å². The van der Waals surface area contributed by atoms with E-state index >= 15 is 0 Å². The Morgan fingerprint density at radius 3 is 2.05 bits per heavy atom. The van der Waals surface area contributed by atoms with Crippen molar-refractivity contribution in [3.05, 3.63) is 57.5 Å². The third-order valence-corrected chi connectivity index (χ3v) is 4.33. The van der Waals surface area contributed by atoms with Crippen molar-refractivity contribution in [2.45, 2.75) is 0 Å². The standard InChI is InChI=1S/C15H10Cl3N3/c1-21-14(9-5-2-3-7-11(9)16)19-20-15(21)10-6-4-8-12(17)13(10)18/h2-8H,1H3. The van der Waals surface area contributed by atoms with E-state index in [9.17, 15) is 0 Å². The number of hydrogen-bond donors (Lipinski definition) is 0. The van der Waals surface area contributed by atoms with Crippen molar-refractivity contribution in [1.29, 1.82) is 0 Å². The van der Waals surface area contributed by atoms with Crippen molar-refractivity contribution >= 4 is 34.8 Å². The second kappa shape index (κ2) is 5.68. The molecule has 0 spiro atoms. The third-order valence-electron chi connectivity index (χ3n) is 3.18. The molecule has 0 bridgehead atoms. The maximum absolute atomic E-state index is 6.25. The van der Waals surface area contributed by atoms with Crippen LogP contribution >= 0.6 is 34.8 Å². The van der Waals surface area contributed by atoms with Gasteiger partial charge in [-0.2, -0.15) is 0 Å². The van der Waals surface area contributed by atoms with Crippen molar-refractivity contribution in [3.63, 3.8) is 0 Å². The molecule has 1 aromatic heterocycles. The molecule has 0 N–H and O–H groups in total. The van der Waals surface area contributed by atoms with Gasteiger partial charge in [-0.05, 0) is 24.3 Å². The average molecular weight is 339 g/mol. The zero-order valence-corrected chi connectivity index (χ0v) is 13.3. The lowest BCUT2D eigenvalue weighted by atomic mass is 10.2. The van der Waals surface area contributed by atoms with E-state index in [1.54, 1.807) is 6.07 Å². The molecule has 0 saturated heterocycles. The first-order chi connectivity index (χ1) is 10.1. The summed E-state index contributed by atoms with van der Waals surface area (Å²) in [5, 5.41) is 10.0. The maximum Gasteiger partial charge on any atom is 0.165 e. The third kappa shape index (κ3) is 2.53. The lowest BCUT2D eigenvalue weighted by Gasteiger charge is -2.07. The van der Waals surface area contributed by atoms with Crippen LogP contribution in [0.25, 0.3) is 22.8 Å². The normalized spacial score (nSPS) is 10.9. The minimum Gasteiger partial charge on any atom is -0.310 e. The SMILES string of the molecule is Cn1c(-c2ccccc2Cl)nnc1-c1cccc(Cl)c1Cl. The summed E-state index contributed by atoms with van der Waals surface area (Å²) in [6, 6.07) is 12.9. The fraction of sp³-hybridized carbons (Fsp3) is 0.0667. The largest absolute Gasteiger partial charge is 0.310 e. The van der Waals surface area contributed by atoms with E-state index in [0.717, 1.165) is 11.1 Å². The minimum absolute atomic E-state index is 0.459. The van der Waals surface area contributed by atoms with E-state index in [2.05, 4.69) is 10.2 Å². The fourth-order valence-corrected chi connectivity index (χ4v) is 2.72. The first-order valence-corrected chi connectivity index (χ1v) is 7.31. The number of halogens is 3. The van der Waals surface area contributed by atoms with E-state index in [1.165, 1.54) is 0 Å². The Kier molecular flexibility index (Phi) is 3.89. The summed E-state index contributed by atoms with van der Waals surface area (Å²) < 4.78 is 1.85. The van der Waals surface area contributed by atoms with Gasteiger partial charge < -0.3 is 4.57 Å². The molecule has 0 fully saturated rings.